The van der Waals surface area contributed by atoms with Crippen LogP contribution in [0.2, 0.25) is 0 Å². The highest BCUT2D eigenvalue weighted by atomic mass is 16.5. The summed E-state index contributed by atoms with van der Waals surface area (Å²) in [5.41, 5.74) is 7.99. The number of aliphatic hydroxyl groups is 1. The molecular formula is C19H26N6O2. The molecular weight excluding hydrogens is 344 g/mol. The minimum atomic E-state index is 0.181. The van der Waals surface area contributed by atoms with E-state index in [0.717, 1.165) is 30.6 Å². The van der Waals surface area contributed by atoms with Crippen molar-refractivity contribution in [2.24, 2.45) is 5.92 Å². The molecule has 2 heterocycles. The van der Waals surface area contributed by atoms with E-state index in [0.29, 0.717) is 36.9 Å². The number of aryl methyl sites for hydroxylation is 1. The minimum absolute atomic E-state index is 0.181. The number of benzene rings is 1. The summed E-state index contributed by atoms with van der Waals surface area (Å²) in [6.45, 7) is 4.36. The van der Waals surface area contributed by atoms with Crippen molar-refractivity contribution in [3.05, 3.63) is 35.7 Å². The van der Waals surface area contributed by atoms with Gasteiger partial charge in [0.05, 0.1) is 19.3 Å². The number of hydrogen-bond donors (Lipinski definition) is 3. The molecule has 1 saturated carbocycles. The van der Waals surface area contributed by atoms with Crippen LogP contribution in [0.5, 0.6) is 0 Å². The van der Waals surface area contributed by atoms with Gasteiger partial charge in [-0.1, -0.05) is 12.1 Å². The van der Waals surface area contributed by atoms with Gasteiger partial charge in [-0.05, 0) is 43.4 Å². The molecule has 2 aliphatic rings. The van der Waals surface area contributed by atoms with Gasteiger partial charge in [0.15, 0.2) is 0 Å². The van der Waals surface area contributed by atoms with E-state index in [9.17, 15) is 5.11 Å². The number of nitrogens with two attached hydrogens (primary N) is 1. The lowest BCUT2D eigenvalue weighted by Gasteiger charge is -2.37. The van der Waals surface area contributed by atoms with Crippen molar-refractivity contribution < 1.29 is 9.84 Å². The van der Waals surface area contributed by atoms with E-state index in [1.54, 1.807) is 0 Å². The first kappa shape index (κ1) is 18.1. The third-order valence-corrected chi connectivity index (χ3v) is 5.33. The molecule has 0 bridgehead atoms. The third kappa shape index (κ3) is 4.18. The van der Waals surface area contributed by atoms with Gasteiger partial charge in [-0.25, -0.2) is 0 Å². The second-order valence-electron chi connectivity index (χ2n) is 7.39. The van der Waals surface area contributed by atoms with E-state index in [2.05, 4.69) is 25.2 Å². The maximum atomic E-state index is 9.49. The van der Waals surface area contributed by atoms with Crippen LogP contribution in [0, 0.1) is 12.8 Å². The molecule has 1 aromatic carbocycles. The zero-order valence-electron chi connectivity index (χ0n) is 15.5. The number of ether oxygens (including phenoxy) is 1. The van der Waals surface area contributed by atoms with Crippen molar-refractivity contribution in [1.82, 2.24) is 19.9 Å². The number of fused-ring (bicyclic) bond motifs is 1. The molecule has 1 aromatic heterocycles. The maximum Gasteiger partial charge on any atom is 0.232 e. The Morgan fingerprint density at radius 3 is 3.00 bits per heavy atom. The highest BCUT2D eigenvalue weighted by Crippen LogP contribution is 2.34. The molecule has 4 N–H and O–H groups in total. The minimum Gasteiger partial charge on any atom is -0.396 e. The molecule has 0 amide bonds. The topological polar surface area (TPSA) is 109 Å². The van der Waals surface area contributed by atoms with Gasteiger partial charge in [0.2, 0.25) is 11.9 Å². The fraction of sp³-hybridized carbons (Fsp3) is 0.526. The number of rotatable bonds is 5. The van der Waals surface area contributed by atoms with Gasteiger partial charge in [-0.2, -0.15) is 15.0 Å². The van der Waals surface area contributed by atoms with E-state index in [1.165, 1.54) is 0 Å². The fourth-order valence-corrected chi connectivity index (χ4v) is 4.07. The van der Waals surface area contributed by atoms with Crippen molar-refractivity contribution in [3.8, 4) is 0 Å². The molecule has 1 unspecified atom stereocenters. The van der Waals surface area contributed by atoms with Crippen molar-refractivity contribution in [2.45, 2.75) is 38.5 Å². The third-order valence-electron chi connectivity index (χ3n) is 5.33. The van der Waals surface area contributed by atoms with Gasteiger partial charge < -0.3 is 20.9 Å². The van der Waals surface area contributed by atoms with Crippen LogP contribution in [0.25, 0.3) is 0 Å². The zero-order valence-corrected chi connectivity index (χ0v) is 15.5. The lowest BCUT2D eigenvalue weighted by atomic mass is 10.1. The molecule has 144 valence electrons. The zero-order chi connectivity index (χ0) is 18.8. The average Bonchev–Trinajstić information content (AvgIpc) is 3.06. The average molecular weight is 370 g/mol. The van der Waals surface area contributed by atoms with E-state index < -0.39 is 0 Å². The Kier molecular flexibility index (Phi) is 5.20. The van der Waals surface area contributed by atoms with Crippen LogP contribution in [0.1, 0.15) is 24.2 Å². The first-order valence-corrected chi connectivity index (χ1v) is 9.41. The Hall–Kier alpha value is -2.29. The fourth-order valence-electron chi connectivity index (χ4n) is 4.07. The number of hydrogen-bond acceptors (Lipinski definition) is 8. The molecule has 8 heteroatoms. The monoisotopic (exact) mass is 370 g/mol. The van der Waals surface area contributed by atoms with Crippen molar-refractivity contribution >= 4 is 17.6 Å². The van der Waals surface area contributed by atoms with E-state index >= 15 is 0 Å². The smallest absolute Gasteiger partial charge is 0.232 e. The summed E-state index contributed by atoms with van der Waals surface area (Å²) in [6, 6.07) is 8.30. The summed E-state index contributed by atoms with van der Waals surface area (Å²) in [4.78, 5) is 15.4. The number of nitrogen functional groups attached to an aromatic ring is 1. The normalized spacial score (nSPS) is 25.3. The van der Waals surface area contributed by atoms with E-state index in [4.69, 9.17) is 10.5 Å². The largest absolute Gasteiger partial charge is 0.396 e. The van der Waals surface area contributed by atoms with Gasteiger partial charge in [0.25, 0.3) is 0 Å². The molecule has 4 rings (SSSR count). The van der Waals surface area contributed by atoms with Crippen LogP contribution >= 0.6 is 0 Å². The van der Waals surface area contributed by atoms with Crippen LogP contribution < -0.4 is 11.1 Å². The Morgan fingerprint density at radius 2 is 2.19 bits per heavy atom. The second kappa shape index (κ2) is 7.75. The number of aromatic nitrogens is 3. The van der Waals surface area contributed by atoms with Crippen molar-refractivity contribution in [2.75, 3.05) is 30.8 Å². The summed E-state index contributed by atoms with van der Waals surface area (Å²) < 4.78 is 5.90. The second-order valence-corrected chi connectivity index (χ2v) is 7.39. The molecule has 0 radical (unpaired) electrons. The number of nitrogens with zero attached hydrogens (tertiary/aromatic N) is 4. The number of aliphatic hydroxyl groups excluding tert-OH is 1. The highest BCUT2D eigenvalue weighted by Gasteiger charge is 2.40. The molecule has 3 atom stereocenters. The molecule has 1 aliphatic heterocycles. The summed E-state index contributed by atoms with van der Waals surface area (Å²) in [5.74, 6) is 1.61. The summed E-state index contributed by atoms with van der Waals surface area (Å²) in [5, 5.41) is 12.7. The Labute approximate surface area is 158 Å². The van der Waals surface area contributed by atoms with Crippen LogP contribution in [-0.4, -0.2) is 56.9 Å². The molecule has 8 nitrogen and oxygen atoms in total. The summed E-state index contributed by atoms with van der Waals surface area (Å²) in [7, 11) is 0. The van der Waals surface area contributed by atoms with Gasteiger partial charge in [-0.15, -0.1) is 0 Å². The molecule has 1 aliphatic carbocycles. The molecule has 1 saturated heterocycles. The first-order chi connectivity index (χ1) is 13.1. The van der Waals surface area contributed by atoms with Gasteiger partial charge in [0, 0.05) is 24.9 Å². The van der Waals surface area contributed by atoms with E-state index in [-0.39, 0.29) is 18.7 Å². The van der Waals surface area contributed by atoms with Crippen molar-refractivity contribution in [3.63, 3.8) is 0 Å². The first-order valence-electron chi connectivity index (χ1n) is 9.41. The summed E-state index contributed by atoms with van der Waals surface area (Å²) in [6.07, 6.45) is 2.03. The SMILES string of the molecule is Cc1cccc(Nc2nc(N)nc(CN3CCOC4C[C@H](CO)C[C@@H]43)n2)c1. The van der Waals surface area contributed by atoms with Crippen LogP contribution in [-0.2, 0) is 11.3 Å². The summed E-state index contributed by atoms with van der Waals surface area (Å²) >= 11 is 0. The number of nitrogens with one attached hydrogen (secondary N) is 1. The van der Waals surface area contributed by atoms with Gasteiger partial charge >= 0.3 is 0 Å². The Bertz CT molecular complexity index is 802. The van der Waals surface area contributed by atoms with Gasteiger partial charge in [-0.3, -0.25) is 4.90 Å². The number of anilines is 3. The van der Waals surface area contributed by atoms with Crippen LogP contribution in [0.4, 0.5) is 17.6 Å². The predicted octanol–water partition coefficient (Wildman–Crippen LogP) is 1.48. The molecule has 2 aromatic rings. The molecule has 2 fully saturated rings. The van der Waals surface area contributed by atoms with E-state index in [1.807, 2.05) is 31.2 Å². The predicted molar refractivity (Wildman–Crippen MR) is 102 cm³/mol. The van der Waals surface area contributed by atoms with Crippen LogP contribution in [0.15, 0.2) is 24.3 Å². The Balaban J connectivity index is 1.49. The molecule has 0 spiro atoms. The van der Waals surface area contributed by atoms with Crippen molar-refractivity contribution in [1.29, 1.82) is 0 Å². The number of morpholine rings is 1. The van der Waals surface area contributed by atoms with Crippen LogP contribution in [0.3, 0.4) is 0 Å². The quantitative estimate of drug-likeness (QED) is 0.726. The van der Waals surface area contributed by atoms with Gasteiger partial charge in [0.1, 0.15) is 5.82 Å². The highest BCUT2D eigenvalue weighted by molar-refractivity contribution is 5.54. The standard InChI is InChI=1S/C19H26N6O2/c1-12-3-2-4-14(7-12)21-19-23-17(22-18(20)24-19)10-25-5-6-27-16-9-13(11-26)8-15(16)25/h2-4,7,13,15-16,26H,5-6,8-11H2,1H3,(H3,20,21,22,23,24)/t13-,15+,16?/m1/s1. The lowest BCUT2D eigenvalue weighted by Crippen LogP contribution is -2.48. The Morgan fingerprint density at radius 1 is 1.30 bits per heavy atom. The lowest BCUT2D eigenvalue weighted by molar-refractivity contribution is -0.0598. The molecule has 27 heavy (non-hydrogen) atoms. The maximum absolute atomic E-state index is 9.49.